The van der Waals surface area contributed by atoms with Gasteiger partial charge in [-0.15, -0.1) is 11.3 Å². The molecule has 7 heteroatoms. The molecule has 0 aliphatic rings. The molecular formula is C17H12ClN3OS2. The van der Waals surface area contributed by atoms with Crippen LogP contribution >= 0.6 is 34.7 Å². The minimum Gasteiger partial charge on any atom is -0.338 e. The van der Waals surface area contributed by atoms with Crippen LogP contribution in [0.25, 0.3) is 10.2 Å². The Kier molecular flexibility index (Phi) is 4.51. The van der Waals surface area contributed by atoms with Crippen molar-refractivity contribution in [2.75, 3.05) is 0 Å². The number of rotatable bonds is 5. The van der Waals surface area contributed by atoms with Crippen LogP contribution < -0.4 is 0 Å². The summed E-state index contributed by atoms with van der Waals surface area (Å²) in [6.07, 6.45) is 0.607. The second-order valence-corrected chi connectivity index (χ2v) is 7.84. The van der Waals surface area contributed by atoms with Gasteiger partial charge in [-0.05, 0) is 29.8 Å². The Morgan fingerprint density at radius 2 is 2.00 bits per heavy atom. The summed E-state index contributed by atoms with van der Waals surface area (Å²) in [6.45, 7) is 0. The van der Waals surface area contributed by atoms with Gasteiger partial charge in [0.1, 0.15) is 0 Å². The van der Waals surface area contributed by atoms with E-state index < -0.39 is 0 Å². The zero-order chi connectivity index (χ0) is 16.4. The molecule has 0 aliphatic heterocycles. The first-order valence-electron chi connectivity index (χ1n) is 7.30. The van der Waals surface area contributed by atoms with E-state index in [1.807, 2.05) is 42.5 Å². The van der Waals surface area contributed by atoms with Crippen molar-refractivity contribution in [1.82, 2.24) is 15.1 Å². The lowest BCUT2D eigenvalue weighted by molar-refractivity contribution is 0.386. The van der Waals surface area contributed by atoms with E-state index in [1.165, 1.54) is 4.70 Å². The molecule has 4 rings (SSSR count). The highest BCUT2D eigenvalue weighted by atomic mass is 35.5. The van der Waals surface area contributed by atoms with E-state index in [0.717, 1.165) is 15.4 Å². The van der Waals surface area contributed by atoms with Crippen molar-refractivity contribution in [2.24, 2.45) is 0 Å². The van der Waals surface area contributed by atoms with Crippen LogP contribution in [0.2, 0.25) is 5.02 Å². The highest BCUT2D eigenvalue weighted by Crippen LogP contribution is 2.31. The summed E-state index contributed by atoms with van der Waals surface area (Å²) in [5.41, 5.74) is 2.09. The molecule has 120 valence electrons. The molecule has 0 saturated carbocycles. The lowest BCUT2D eigenvalue weighted by Crippen LogP contribution is -1.91. The molecule has 0 saturated heterocycles. The first-order chi connectivity index (χ1) is 11.8. The molecule has 0 bridgehead atoms. The topological polar surface area (TPSA) is 51.8 Å². The second kappa shape index (κ2) is 6.93. The van der Waals surface area contributed by atoms with Gasteiger partial charge in [-0.1, -0.05) is 52.8 Å². The molecule has 0 radical (unpaired) electrons. The van der Waals surface area contributed by atoms with E-state index in [-0.39, 0.29) is 0 Å². The highest BCUT2D eigenvalue weighted by molar-refractivity contribution is 8.00. The van der Waals surface area contributed by atoms with Gasteiger partial charge >= 0.3 is 0 Å². The van der Waals surface area contributed by atoms with E-state index in [4.69, 9.17) is 16.1 Å². The van der Waals surface area contributed by atoms with Crippen molar-refractivity contribution in [1.29, 1.82) is 0 Å². The summed E-state index contributed by atoms with van der Waals surface area (Å²) in [5.74, 6) is 1.89. The summed E-state index contributed by atoms with van der Waals surface area (Å²) in [6, 6.07) is 15.8. The van der Waals surface area contributed by atoms with Crippen molar-refractivity contribution in [3.63, 3.8) is 0 Å². The molecule has 4 nitrogen and oxygen atoms in total. The number of hydrogen-bond acceptors (Lipinski definition) is 6. The molecule has 0 amide bonds. The fraction of sp³-hybridized carbons (Fsp3) is 0.118. The van der Waals surface area contributed by atoms with Crippen molar-refractivity contribution in [2.45, 2.75) is 16.5 Å². The predicted molar refractivity (Wildman–Crippen MR) is 97.7 cm³/mol. The number of aromatic nitrogens is 3. The van der Waals surface area contributed by atoms with Crippen LogP contribution in [0.4, 0.5) is 0 Å². The monoisotopic (exact) mass is 373 g/mol. The molecule has 0 atom stereocenters. The Labute approximate surface area is 151 Å². The molecular weight excluding hydrogens is 362 g/mol. The van der Waals surface area contributed by atoms with Gasteiger partial charge in [0.15, 0.2) is 10.2 Å². The first kappa shape index (κ1) is 15.6. The molecule has 2 heterocycles. The molecule has 0 fully saturated rings. The van der Waals surface area contributed by atoms with Gasteiger partial charge in [0.05, 0.1) is 16.0 Å². The van der Waals surface area contributed by atoms with Crippen LogP contribution in [0.3, 0.4) is 0 Å². The normalized spacial score (nSPS) is 11.2. The SMILES string of the molecule is Clc1cccc(Cc2noc(CSc3nc4ccccc4s3)n2)c1. The highest BCUT2D eigenvalue weighted by Gasteiger charge is 2.10. The number of benzene rings is 2. The average Bonchev–Trinajstić information content (AvgIpc) is 3.19. The molecule has 0 aliphatic carbocycles. The van der Waals surface area contributed by atoms with Crippen molar-refractivity contribution < 1.29 is 4.52 Å². The number of fused-ring (bicyclic) bond motifs is 1. The average molecular weight is 374 g/mol. The van der Waals surface area contributed by atoms with Crippen LogP contribution in [-0.2, 0) is 12.2 Å². The van der Waals surface area contributed by atoms with Crippen molar-refractivity contribution >= 4 is 44.9 Å². The molecule has 0 spiro atoms. The van der Waals surface area contributed by atoms with E-state index in [2.05, 4.69) is 21.2 Å². The maximum atomic E-state index is 5.99. The maximum absolute atomic E-state index is 5.99. The molecule has 0 N–H and O–H groups in total. The summed E-state index contributed by atoms with van der Waals surface area (Å²) >= 11 is 9.28. The number of para-hydroxylation sites is 1. The van der Waals surface area contributed by atoms with Crippen molar-refractivity contribution in [3.8, 4) is 0 Å². The molecule has 2 aromatic heterocycles. The van der Waals surface area contributed by atoms with Crippen LogP contribution in [-0.4, -0.2) is 15.1 Å². The zero-order valence-corrected chi connectivity index (χ0v) is 14.9. The van der Waals surface area contributed by atoms with E-state index in [1.54, 1.807) is 23.1 Å². The fourth-order valence-corrected chi connectivity index (χ4v) is 4.41. The minimum absolute atomic E-state index is 0.607. The molecule has 4 aromatic rings. The summed E-state index contributed by atoms with van der Waals surface area (Å²) in [4.78, 5) is 9.03. The maximum Gasteiger partial charge on any atom is 0.237 e. The third-order valence-corrected chi connectivity index (χ3v) is 5.75. The van der Waals surface area contributed by atoms with E-state index in [0.29, 0.717) is 28.9 Å². The Morgan fingerprint density at radius 3 is 2.88 bits per heavy atom. The van der Waals surface area contributed by atoms with Crippen LogP contribution in [0.1, 0.15) is 17.3 Å². The Bertz CT molecular complexity index is 950. The second-order valence-electron chi connectivity index (χ2n) is 5.15. The Hall–Kier alpha value is -1.89. The smallest absolute Gasteiger partial charge is 0.237 e. The van der Waals surface area contributed by atoms with Crippen molar-refractivity contribution in [3.05, 3.63) is 70.8 Å². The van der Waals surface area contributed by atoms with Crippen LogP contribution in [0, 0.1) is 0 Å². The standard InChI is InChI=1S/C17H12ClN3OS2/c18-12-5-3-4-11(8-12)9-15-20-16(22-21-15)10-23-17-19-13-6-1-2-7-14(13)24-17/h1-8H,9-10H2. The van der Waals surface area contributed by atoms with Gasteiger partial charge < -0.3 is 4.52 Å². The third kappa shape index (κ3) is 3.61. The quantitative estimate of drug-likeness (QED) is 0.449. The zero-order valence-electron chi connectivity index (χ0n) is 12.5. The summed E-state index contributed by atoms with van der Waals surface area (Å²) in [5, 5.41) is 4.75. The molecule has 2 aromatic carbocycles. The largest absolute Gasteiger partial charge is 0.338 e. The number of thioether (sulfide) groups is 1. The number of nitrogens with zero attached hydrogens (tertiary/aromatic N) is 3. The van der Waals surface area contributed by atoms with Gasteiger partial charge in [-0.25, -0.2) is 4.98 Å². The van der Waals surface area contributed by atoms with E-state index >= 15 is 0 Å². The number of thiazole rings is 1. The third-order valence-electron chi connectivity index (χ3n) is 3.35. The number of halogens is 1. The molecule has 0 unspecified atom stereocenters. The molecule has 24 heavy (non-hydrogen) atoms. The first-order valence-corrected chi connectivity index (χ1v) is 9.48. The predicted octanol–water partition coefficient (Wildman–Crippen LogP) is 5.22. The van der Waals surface area contributed by atoms with Gasteiger partial charge in [0.2, 0.25) is 5.89 Å². The van der Waals surface area contributed by atoms with Gasteiger partial charge in [-0.2, -0.15) is 4.98 Å². The lowest BCUT2D eigenvalue weighted by atomic mass is 10.1. The lowest BCUT2D eigenvalue weighted by Gasteiger charge is -1.96. The van der Waals surface area contributed by atoms with E-state index in [9.17, 15) is 0 Å². The van der Waals surface area contributed by atoms with Gasteiger partial charge in [0.25, 0.3) is 0 Å². The van der Waals surface area contributed by atoms with Crippen LogP contribution in [0.5, 0.6) is 0 Å². The fourth-order valence-electron chi connectivity index (χ4n) is 2.29. The Morgan fingerprint density at radius 1 is 1.08 bits per heavy atom. The number of hydrogen-bond donors (Lipinski definition) is 0. The van der Waals surface area contributed by atoms with Gasteiger partial charge in [0, 0.05) is 11.4 Å². The summed E-state index contributed by atoms with van der Waals surface area (Å²) in [7, 11) is 0. The van der Waals surface area contributed by atoms with Gasteiger partial charge in [-0.3, -0.25) is 0 Å². The van der Waals surface area contributed by atoms with Crippen LogP contribution in [0.15, 0.2) is 57.4 Å². The summed E-state index contributed by atoms with van der Waals surface area (Å²) < 4.78 is 7.52. The Balaban J connectivity index is 1.41. The minimum atomic E-state index is 0.607.